The summed E-state index contributed by atoms with van der Waals surface area (Å²) in [7, 11) is -7.93. The first-order valence-corrected chi connectivity index (χ1v) is 7.32. The molecule has 0 saturated heterocycles. The highest BCUT2D eigenvalue weighted by Crippen LogP contribution is 2.39. The van der Waals surface area contributed by atoms with Crippen molar-refractivity contribution >= 4 is 20.0 Å². The highest BCUT2D eigenvalue weighted by Gasteiger charge is 2.46. The van der Waals surface area contributed by atoms with Gasteiger partial charge < -0.3 is 0 Å². The van der Waals surface area contributed by atoms with E-state index in [0.29, 0.717) is 18.2 Å². The van der Waals surface area contributed by atoms with E-state index in [2.05, 4.69) is 0 Å². The smallest absolute Gasteiger partial charge is 0.206 e. The van der Waals surface area contributed by atoms with Crippen LogP contribution in [-0.4, -0.2) is 27.6 Å². The van der Waals surface area contributed by atoms with Gasteiger partial charge in [0.2, 0.25) is 0 Å². The third-order valence-electron chi connectivity index (χ3n) is 2.50. The summed E-state index contributed by atoms with van der Waals surface area (Å²) in [6.45, 7) is 0. The maximum absolute atomic E-state index is 12.4. The van der Waals surface area contributed by atoms with E-state index in [1.807, 2.05) is 0 Å². The number of hydrogen-bond donors (Lipinski definition) is 0. The standard InChI is InChI=1S/C8H6F3NO4S2/c1-12-17(13,14)6-3-2-5(8(9,10)11)4-7(6)18(12,15)16/h2-4H,1H3. The quantitative estimate of drug-likeness (QED) is 0.717. The molecule has 0 radical (unpaired) electrons. The van der Waals surface area contributed by atoms with Crippen molar-refractivity contribution in [2.24, 2.45) is 0 Å². The third kappa shape index (κ3) is 1.63. The molecular weight excluding hydrogens is 295 g/mol. The van der Waals surface area contributed by atoms with Crippen LogP contribution in [0.3, 0.4) is 0 Å². The summed E-state index contributed by atoms with van der Waals surface area (Å²) in [5, 5.41) is 0. The molecule has 18 heavy (non-hydrogen) atoms. The second-order valence-electron chi connectivity index (χ2n) is 3.55. The minimum atomic E-state index is -4.74. The molecule has 0 N–H and O–H groups in total. The van der Waals surface area contributed by atoms with Gasteiger partial charge in [-0.1, -0.05) is 3.71 Å². The van der Waals surface area contributed by atoms with Gasteiger partial charge in [-0.15, -0.1) is 0 Å². The van der Waals surface area contributed by atoms with E-state index in [0.717, 1.165) is 7.05 Å². The topological polar surface area (TPSA) is 71.5 Å². The normalized spacial score (nSPS) is 21.8. The fourth-order valence-corrected chi connectivity index (χ4v) is 5.36. The summed E-state index contributed by atoms with van der Waals surface area (Å²) in [5.41, 5.74) is -1.21. The Morgan fingerprint density at radius 1 is 1.00 bits per heavy atom. The summed E-state index contributed by atoms with van der Waals surface area (Å²) in [5.74, 6) is 0. The molecule has 5 nitrogen and oxygen atoms in total. The van der Waals surface area contributed by atoms with Crippen LogP contribution in [0.15, 0.2) is 28.0 Å². The van der Waals surface area contributed by atoms with Crippen LogP contribution in [0.25, 0.3) is 0 Å². The van der Waals surface area contributed by atoms with E-state index in [4.69, 9.17) is 0 Å². The molecule has 0 bridgehead atoms. The molecule has 1 aliphatic rings. The largest absolute Gasteiger partial charge is 0.416 e. The molecule has 0 amide bonds. The molecule has 2 rings (SSSR count). The molecule has 0 saturated carbocycles. The van der Waals surface area contributed by atoms with Crippen molar-refractivity contribution in [3.8, 4) is 0 Å². The Morgan fingerprint density at radius 2 is 1.50 bits per heavy atom. The Balaban J connectivity index is 2.83. The van der Waals surface area contributed by atoms with Gasteiger partial charge in [-0.05, 0) is 18.2 Å². The summed E-state index contributed by atoms with van der Waals surface area (Å²) in [6.07, 6.45) is -4.74. The minimum absolute atomic E-state index is 0.0603. The van der Waals surface area contributed by atoms with Crippen LogP contribution in [0.1, 0.15) is 5.56 Å². The maximum Gasteiger partial charge on any atom is 0.416 e. The van der Waals surface area contributed by atoms with Gasteiger partial charge in [0.05, 0.1) is 5.56 Å². The molecule has 0 aromatic heterocycles. The predicted octanol–water partition coefficient (Wildman–Crippen LogP) is 1.03. The zero-order valence-electron chi connectivity index (χ0n) is 8.76. The number of fused-ring (bicyclic) bond motifs is 1. The number of hydrogen-bond acceptors (Lipinski definition) is 4. The van der Waals surface area contributed by atoms with Gasteiger partial charge in [0.15, 0.2) is 0 Å². The number of rotatable bonds is 0. The van der Waals surface area contributed by atoms with E-state index in [-0.39, 0.29) is 3.71 Å². The number of sulfonamides is 2. The number of halogens is 3. The Hall–Kier alpha value is -1.13. The Morgan fingerprint density at radius 3 is 2.00 bits per heavy atom. The van der Waals surface area contributed by atoms with Gasteiger partial charge in [-0.3, -0.25) is 0 Å². The van der Waals surface area contributed by atoms with E-state index >= 15 is 0 Å². The molecule has 1 aromatic rings. The van der Waals surface area contributed by atoms with Crippen molar-refractivity contribution in [2.45, 2.75) is 16.0 Å². The summed E-state index contributed by atoms with van der Waals surface area (Å²) < 4.78 is 83.9. The zero-order chi connectivity index (χ0) is 13.9. The summed E-state index contributed by atoms with van der Waals surface area (Å²) >= 11 is 0. The number of nitrogens with zero attached hydrogens (tertiary/aromatic N) is 1. The lowest BCUT2D eigenvalue weighted by atomic mass is 10.2. The number of benzene rings is 1. The highest BCUT2D eigenvalue weighted by atomic mass is 32.3. The fourth-order valence-electron chi connectivity index (χ4n) is 1.51. The molecule has 0 fully saturated rings. The van der Waals surface area contributed by atoms with Gasteiger partial charge in [-0.25, -0.2) is 16.8 Å². The Kier molecular flexibility index (Phi) is 2.55. The lowest BCUT2D eigenvalue weighted by Crippen LogP contribution is -2.25. The summed E-state index contributed by atoms with van der Waals surface area (Å²) in [6, 6.07) is 1.51. The molecule has 0 unspecified atom stereocenters. The van der Waals surface area contributed by atoms with E-state index in [9.17, 15) is 30.0 Å². The van der Waals surface area contributed by atoms with E-state index in [1.54, 1.807) is 0 Å². The van der Waals surface area contributed by atoms with Crippen molar-refractivity contribution in [1.82, 2.24) is 3.71 Å². The predicted molar refractivity (Wildman–Crippen MR) is 53.6 cm³/mol. The van der Waals surface area contributed by atoms with Crippen LogP contribution in [0.5, 0.6) is 0 Å². The van der Waals surface area contributed by atoms with Crippen molar-refractivity contribution in [3.05, 3.63) is 23.8 Å². The van der Waals surface area contributed by atoms with Crippen molar-refractivity contribution in [1.29, 1.82) is 0 Å². The Bertz CT molecular complexity index is 721. The van der Waals surface area contributed by atoms with Crippen LogP contribution >= 0.6 is 0 Å². The average molecular weight is 301 g/mol. The Labute approximate surface area is 101 Å². The molecule has 0 spiro atoms. The molecular formula is C8H6F3NO4S2. The SMILES string of the molecule is CN1S(=O)(=O)c2ccc(C(F)(F)F)cc2S1(=O)=O. The average Bonchev–Trinajstić information content (AvgIpc) is 2.37. The van der Waals surface area contributed by atoms with Gasteiger partial charge >= 0.3 is 6.18 Å². The van der Waals surface area contributed by atoms with Crippen LogP contribution in [0.2, 0.25) is 0 Å². The second kappa shape index (κ2) is 3.45. The molecule has 100 valence electrons. The third-order valence-corrected chi connectivity index (χ3v) is 6.97. The van der Waals surface area contributed by atoms with Gasteiger partial charge in [0, 0.05) is 7.05 Å². The van der Waals surface area contributed by atoms with Gasteiger partial charge in [0.1, 0.15) is 9.79 Å². The minimum Gasteiger partial charge on any atom is -0.206 e. The van der Waals surface area contributed by atoms with E-state index < -0.39 is 41.6 Å². The van der Waals surface area contributed by atoms with Crippen LogP contribution < -0.4 is 0 Å². The zero-order valence-corrected chi connectivity index (χ0v) is 10.4. The van der Waals surface area contributed by atoms with E-state index in [1.165, 1.54) is 0 Å². The molecule has 0 aliphatic carbocycles. The van der Waals surface area contributed by atoms with Gasteiger partial charge in [0.25, 0.3) is 20.0 Å². The first-order valence-electron chi connectivity index (χ1n) is 4.44. The molecule has 1 heterocycles. The second-order valence-corrected chi connectivity index (χ2v) is 7.66. The molecule has 1 aliphatic heterocycles. The highest BCUT2D eigenvalue weighted by molar-refractivity contribution is 8.06. The van der Waals surface area contributed by atoms with Crippen molar-refractivity contribution in [3.63, 3.8) is 0 Å². The monoisotopic (exact) mass is 301 g/mol. The molecule has 0 atom stereocenters. The summed E-state index contributed by atoms with van der Waals surface area (Å²) in [4.78, 5) is -1.49. The molecule has 10 heteroatoms. The number of alkyl halides is 3. The first kappa shape index (κ1) is 13.3. The van der Waals surface area contributed by atoms with Crippen molar-refractivity contribution < 1.29 is 30.0 Å². The van der Waals surface area contributed by atoms with Crippen molar-refractivity contribution in [2.75, 3.05) is 7.05 Å². The van der Waals surface area contributed by atoms with Gasteiger partial charge in [-0.2, -0.15) is 13.2 Å². The van der Waals surface area contributed by atoms with Crippen LogP contribution in [-0.2, 0) is 26.2 Å². The van der Waals surface area contributed by atoms with Crippen LogP contribution in [0, 0.1) is 0 Å². The first-order chi connectivity index (χ1) is 7.99. The lowest BCUT2D eigenvalue weighted by molar-refractivity contribution is -0.137. The lowest BCUT2D eigenvalue weighted by Gasteiger charge is -2.06. The maximum atomic E-state index is 12.4. The van der Waals surface area contributed by atoms with Crippen LogP contribution in [0.4, 0.5) is 13.2 Å². The fraction of sp³-hybridized carbons (Fsp3) is 0.250. The molecule has 1 aromatic carbocycles.